The van der Waals surface area contributed by atoms with E-state index in [0.29, 0.717) is 0 Å². The van der Waals surface area contributed by atoms with E-state index < -0.39 is 23.4 Å². The van der Waals surface area contributed by atoms with Crippen LogP contribution in [0.5, 0.6) is 11.5 Å². The third-order valence-corrected chi connectivity index (χ3v) is 3.04. The minimum absolute atomic E-state index is 0.0156. The summed E-state index contributed by atoms with van der Waals surface area (Å²) in [4.78, 5) is 22.8. The highest BCUT2D eigenvalue weighted by Crippen LogP contribution is 2.30. The minimum Gasteiger partial charge on any atom is -0.504 e. The van der Waals surface area contributed by atoms with Crippen molar-refractivity contribution in [2.45, 2.75) is 0 Å². The molecular weight excluding hydrogens is 298 g/mol. The summed E-state index contributed by atoms with van der Waals surface area (Å²) in [7, 11) is 0. The summed E-state index contributed by atoms with van der Waals surface area (Å²) in [5.74, 6) is -2.79. The summed E-state index contributed by atoms with van der Waals surface area (Å²) in [6.07, 6.45) is 0. The van der Waals surface area contributed by atoms with Gasteiger partial charge in [0, 0.05) is 0 Å². The van der Waals surface area contributed by atoms with Crippen molar-refractivity contribution in [3.05, 3.63) is 52.5 Å². The van der Waals surface area contributed by atoms with Crippen LogP contribution in [0, 0.1) is 0 Å². The van der Waals surface area contributed by atoms with Crippen LogP contribution in [0.1, 0.15) is 20.7 Å². The van der Waals surface area contributed by atoms with Crippen molar-refractivity contribution in [2.75, 3.05) is 5.32 Å². The predicted octanol–water partition coefficient (Wildman–Crippen LogP) is 2.70. The van der Waals surface area contributed by atoms with E-state index in [1.165, 1.54) is 36.4 Å². The van der Waals surface area contributed by atoms with E-state index in [9.17, 15) is 19.8 Å². The number of carbonyl (C=O) groups excluding carboxylic acids is 1. The molecule has 0 spiro atoms. The second-order valence-electron chi connectivity index (χ2n) is 4.13. The molecule has 0 saturated carbocycles. The maximum Gasteiger partial charge on any atom is 0.335 e. The lowest BCUT2D eigenvalue weighted by atomic mass is 10.1. The number of benzene rings is 2. The molecule has 0 aliphatic heterocycles. The molecule has 1 amide bonds. The SMILES string of the molecule is O=C(O)c1ccc(NC(=O)c2cccc(O)c2O)c(Cl)c1. The molecule has 6 nitrogen and oxygen atoms in total. The quantitative estimate of drug-likeness (QED) is 0.652. The van der Waals surface area contributed by atoms with Crippen LogP contribution in [0.15, 0.2) is 36.4 Å². The molecule has 2 aromatic carbocycles. The number of nitrogens with one attached hydrogen (secondary N) is 1. The summed E-state index contributed by atoms with van der Waals surface area (Å²) in [6.45, 7) is 0. The molecule has 21 heavy (non-hydrogen) atoms. The van der Waals surface area contributed by atoms with Gasteiger partial charge in [-0.15, -0.1) is 0 Å². The molecule has 0 fully saturated rings. The number of amides is 1. The number of carbonyl (C=O) groups is 2. The smallest absolute Gasteiger partial charge is 0.335 e. The third-order valence-electron chi connectivity index (χ3n) is 2.72. The van der Waals surface area contributed by atoms with Gasteiger partial charge >= 0.3 is 5.97 Å². The number of hydrogen-bond acceptors (Lipinski definition) is 4. The second kappa shape index (κ2) is 5.72. The monoisotopic (exact) mass is 307 g/mol. The van der Waals surface area contributed by atoms with Gasteiger partial charge in [-0.25, -0.2) is 4.79 Å². The molecule has 4 N–H and O–H groups in total. The van der Waals surface area contributed by atoms with Crippen molar-refractivity contribution in [1.29, 1.82) is 0 Å². The van der Waals surface area contributed by atoms with Crippen LogP contribution >= 0.6 is 11.6 Å². The fourth-order valence-corrected chi connectivity index (χ4v) is 1.88. The van der Waals surface area contributed by atoms with Gasteiger partial charge in [0.2, 0.25) is 0 Å². The van der Waals surface area contributed by atoms with Gasteiger partial charge in [-0.3, -0.25) is 4.79 Å². The number of phenolic OH excluding ortho intramolecular Hbond substituents is 2. The van der Waals surface area contributed by atoms with E-state index >= 15 is 0 Å². The van der Waals surface area contributed by atoms with Crippen molar-refractivity contribution in [3.8, 4) is 11.5 Å². The molecule has 2 aromatic rings. The van der Waals surface area contributed by atoms with Gasteiger partial charge in [-0.1, -0.05) is 17.7 Å². The van der Waals surface area contributed by atoms with Gasteiger partial charge in [0.15, 0.2) is 11.5 Å². The normalized spacial score (nSPS) is 10.1. The topological polar surface area (TPSA) is 107 Å². The zero-order valence-corrected chi connectivity index (χ0v) is 11.3. The summed E-state index contributed by atoms with van der Waals surface area (Å²) < 4.78 is 0. The molecule has 0 saturated heterocycles. The third kappa shape index (κ3) is 3.06. The van der Waals surface area contributed by atoms with Crippen LogP contribution in [0.2, 0.25) is 5.02 Å². The zero-order chi connectivity index (χ0) is 15.6. The summed E-state index contributed by atoms with van der Waals surface area (Å²) in [5, 5.41) is 30.2. The lowest BCUT2D eigenvalue weighted by Gasteiger charge is -2.09. The average molecular weight is 308 g/mol. The van der Waals surface area contributed by atoms with Crippen molar-refractivity contribution in [1.82, 2.24) is 0 Å². The van der Waals surface area contributed by atoms with E-state index in [1.54, 1.807) is 0 Å². The molecule has 7 heteroatoms. The highest BCUT2D eigenvalue weighted by Gasteiger charge is 2.16. The Hall–Kier alpha value is -2.73. The molecule has 0 aliphatic rings. The first kappa shape index (κ1) is 14.7. The van der Waals surface area contributed by atoms with Gasteiger partial charge in [0.25, 0.3) is 5.91 Å². The number of para-hydroxylation sites is 1. The number of anilines is 1. The maximum atomic E-state index is 12.0. The minimum atomic E-state index is -1.14. The first-order valence-corrected chi connectivity index (χ1v) is 6.13. The highest BCUT2D eigenvalue weighted by molar-refractivity contribution is 6.34. The number of carboxylic acid groups (broad SMARTS) is 1. The highest BCUT2D eigenvalue weighted by atomic mass is 35.5. The van der Waals surface area contributed by atoms with Gasteiger partial charge in [0.05, 0.1) is 21.8 Å². The Labute approximate surface area is 124 Å². The van der Waals surface area contributed by atoms with Crippen LogP contribution in [0.4, 0.5) is 5.69 Å². The Morgan fingerprint density at radius 1 is 1.10 bits per heavy atom. The largest absolute Gasteiger partial charge is 0.504 e. The molecule has 0 radical (unpaired) electrons. The number of rotatable bonds is 3. The number of aromatic hydroxyl groups is 2. The van der Waals surface area contributed by atoms with Crippen molar-refractivity contribution in [3.63, 3.8) is 0 Å². The predicted molar refractivity (Wildman–Crippen MR) is 76.1 cm³/mol. The molecule has 2 rings (SSSR count). The second-order valence-corrected chi connectivity index (χ2v) is 4.53. The lowest BCUT2D eigenvalue weighted by Crippen LogP contribution is -2.12. The molecule has 0 atom stereocenters. The Kier molecular flexibility index (Phi) is 4.00. The number of hydrogen-bond donors (Lipinski definition) is 4. The number of halogens is 1. The summed E-state index contributed by atoms with van der Waals surface area (Å²) in [5.41, 5.74) is 0.0426. The molecule has 0 aliphatic carbocycles. The van der Waals surface area contributed by atoms with Crippen LogP contribution in [-0.2, 0) is 0 Å². The van der Waals surface area contributed by atoms with E-state index in [2.05, 4.69) is 5.32 Å². The molecule has 0 unspecified atom stereocenters. The Balaban J connectivity index is 2.28. The summed E-state index contributed by atoms with van der Waals surface area (Å²) >= 11 is 5.89. The Bertz CT molecular complexity index is 729. The average Bonchev–Trinajstić information content (AvgIpc) is 2.43. The van der Waals surface area contributed by atoms with E-state index in [4.69, 9.17) is 16.7 Å². The van der Waals surface area contributed by atoms with E-state index in [1.807, 2.05) is 0 Å². The number of aromatic carboxylic acids is 1. The molecular formula is C14H10ClNO5. The van der Waals surface area contributed by atoms with Crippen LogP contribution in [-0.4, -0.2) is 27.2 Å². The fraction of sp³-hybridized carbons (Fsp3) is 0. The molecule has 0 aromatic heterocycles. The van der Waals surface area contributed by atoms with Gasteiger partial charge < -0.3 is 20.6 Å². The Morgan fingerprint density at radius 3 is 2.43 bits per heavy atom. The summed E-state index contributed by atoms with van der Waals surface area (Å²) in [6, 6.07) is 7.78. The lowest BCUT2D eigenvalue weighted by molar-refractivity contribution is 0.0696. The van der Waals surface area contributed by atoms with Crippen LogP contribution < -0.4 is 5.32 Å². The zero-order valence-electron chi connectivity index (χ0n) is 10.5. The first-order valence-electron chi connectivity index (χ1n) is 5.75. The Morgan fingerprint density at radius 2 is 1.81 bits per heavy atom. The van der Waals surface area contributed by atoms with E-state index in [0.717, 1.165) is 0 Å². The number of carboxylic acids is 1. The number of phenols is 2. The standard InChI is InChI=1S/C14H10ClNO5/c15-9-6-7(14(20)21)4-5-10(9)16-13(19)8-2-1-3-11(17)12(8)18/h1-6,17-18H,(H,16,19)(H,20,21). The van der Waals surface area contributed by atoms with Gasteiger partial charge in [-0.2, -0.15) is 0 Å². The van der Waals surface area contributed by atoms with Gasteiger partial charge in [0.1, 0.15) is 0 Å². The van der Waals surface area contributed by atoms with Crippen LogP contribution in [0.25, 0.3) is 0 Å². The fourth-order valence-electron chi connectivity index (χ4n) is 1.65. The van der Waals surface area contributed by atoms with Crippen molar-refractivity contribution >= 4 is 29.2 Å². The first-order chi connectivity index (χ1) is 9.90. The van der Waals surface area contributed by atoms with Crippen molar-refractivity contribution in [2.24, 2.45) is 0 Å². The van der Waals surface area contributed by atoms with Crippen molar-refractivity contribution < 1.29 is 24.9 Å². The van der Waals surface area contributed by atoms with Gasteiger partial charge in [-0.05, 0) is 30.3 Å². The molecule has 0 heterocycles. The van der Waals surface area contributed by atoms with Crippen LogP contribution in [0.3, 0.4) is 0 Å². The molecule has 108 valence electrons. The van der Waals surface area contributed by atoms with E-state index in [-0.39, 0.29) is 21.8 Å². The maximum absolute atomic E-state index is 12.0. The molecule has 0 bridgehead atoms.